The molecular formula is C20H23F3N2O3S. The van der Waals surface area contributed by atoms with Crippen molar-refractivity contribution < 1.29 is 26.4 Å². The van der Waals surface area contributed by atoms with Crippen molar-refractivity contribution in [2.45, 2.75) is 38.9 Å². The third-order valence-electron chi connectivity index (χ3n) is 4.36. The zero-order valence-corrected chi connectivity index (χ0v) is 17.3. The van der Waals surface area contributed by atoms with Gasteiger partial charge in [-0.05, 0) is 48.7 Å². The van der Waals surface area contributed by atoms with E-state index in [1.54, 1.807) is 12.1 Å². The molecule has 158 valence electrons. The number of alkyl halides is 3. The second-order valence-corrected chi connectivity index (χ2v) is 8.91. The highest BCUT2D eigenvalue weighted by Gasteiger charge is 2.34. The van der Waals surface area contributed by atoms with Crippen molar-refractivity contribution in [3.63, 3.8) is 0 Å². The number of carbonyl (C=O) groups excluding carboxylic acids is 1. The summed E-state index contributed by atoms with van der Waals surface area (Å²) in [6, 6.07) is 9.66. The first kappa shape index (κ1) is 22.7. The molecule has 1 atom stereocenters. The molecule has 5 nitrogen and oxygen atoms in total. The van der Waals surface area contributed by atoms with Gasteiger partial charge in [0.05, 0.1) is 17.5 Å². The van der Waals surface area contributed by atoms with Gasteiger partial charge in [0.2, 0.25) is 15.9 Å². The number of carbonyl (C=O) groups is 1. The van der Waals surface area contributed by atoms with Gasteiger partial charge in [-0.1, -0.05) is 32.0 Å². The molecule has 2 aromatic carbocycles. The van der Waals surface area contributed by atoms with Gasteiger partial charge in [-0.3, -0.25) is 9.10 Å². The number of hydrogen-bond donors (Lipinski definition) is 1. The van der Waals surface area contributed by atoms with Gasteiger partial charge in [0, 0.05) is 5.69 Å². The number of hydrogen-bond acceptors (Lipinski definition) is 3. The second kappa shape index (κ2) is 8.44. The van der Waals surface area contributed by atoms with Crippen molar-refractivity contribution in [2.24, 2.45) is 0 Å². The molecular weight excluding hydrogens is 405 g/mol. The minimum absolute atomic E-state index is 0.236. The Hall–Kier alpha value is -2.55. The van der Waals surface area contributed by atoms with Gasteiger partial charge in [0.25, 0.3) is 0 Å². The summed E-state index contributed by atoms with van der Waals surface area (Å²) in [7, 11) is -4.03. The lowest BCUT2D eigenvalue weighted by atomic mass is 10.0. The van der Waals surface area contributed by atoms with Crippen LogP contribution in [-0.4, -0.2) is 26.6 Å². The Kier molecular flexibility index (Phi) is 6.62. The Morgan fingerprint density at radius 1 is 1.03 bits per heavy atom. The number of benzene rings is 2. The highest BCUT2D eigenvalue weighted by Crippen LogP contribution is 2.33. The highest BCUT2D eigenvalue weighted by atomic mass is 32.2. The Morgan fingerprint density at radius 3 is 2.10 bits per heavy atom. The van der Waals surface area contributed by atoms with E-state index in [2.05, 4.69) is 5.32 Å². The van der Waals surface area contributed by atoms with E-state index in [9.17, 15) is 26.4 Å². The first-order valence-corrected chi connectivity index (χ1v) is 10.7. The molecule has 0 aliphatic rings. The van der Waals surface area contributed by atoms with Crippen molar-refractivity contribution in [1.82, 2.24) is 0 Å². The average molecular weight is 428 g/mol. The van der Waals surface area contributed by atoms with E-state index in [0.29, 0.717) is 22.0 Å². The molecule has 0 spiro atoms. The van der Waals surface area contributed by atoms with Gasteiger partial charge < -0.3 is 5.32 Å². The molecule has 0 radical (unpaired) electrons. The summed E-state index contributed by atoms with van der Waals surface area (Å²) in [5.41, 5.74) is 0.294. The fourth-order valence-electron chi connectivity index (χ4n) is 2.83. The molecule has 1 amide bonds. The molecule has 0 fully saturated rings. The van der Waals surface area contributed by atoms with Gasteiger partial charge in [-0.15, -0.1) is 0 Å². The summed E-state index contributed by atoms with van der Waals surface area (Å²) in [5, 5.41) is 2.61. The molecule has 0 bridgehead atoms. The summed E-state index contributed by atoms with van der Waals surface area (Å²) in [6.07, 6.45) is -3.79. The quantitative estimate of drug-likeness (QED) is 0.730. The Balaban J connectivity index is 2.32. The van der Waals surface area contributed by atoms with Crippen LogP contribution in [0.4, 0.5) is 24.5 Å². The minimum atomic E-state index is -4.64. The van der Waals surface area contributed by atoms with Crippen molar-refractivity contribution in [3.8, 4) is 0 Å². The molecule has 0 aliphatic carbocycles. The second-order valence-electron chi connectivity index (χ2n) is 7.05. The first-order valence-electron chi connectivity index (χ1n) is 8.88. The lowest BCUT2D eigenvalue weighted by Gasteiger charge is -2.28. The van der Waals surface area contributed by atoms with Crippen LogP contribution in [-0.2, 0) is 21.0 Å². The van der Waals surface area contributed by atoms with Crippen LogP contribution < -0.4 is 9.62 Å². The number of anilines is 2. The Labute approximate surface area is 168 Å². The number of nitrogens with one attached hydrogen (secondary N) is 1. The third kappa shape index (κ3) is 5.72. The van der Waals surface area contributed by atoms with Crippen LogP contribution in [0, 0.1) is 0 Å². The third-order valence-corrected chi connectivity index (χ3v) is 5.60. The molecule has 29 heavy (non-hydrogen) atoms. The number of sulfonamides is 1. The average Bonchev–Trinajstić information content (AvgIpc) is 2.60. The molecule has 0 aromatic heterocycles. The van der Waals surface area contributed by atoms with Crippen LogP contribution in [0.1, 0.15) is 37.8 Å². The van der Waals surface area contributed by atoms with Crippen LogP contribution in [0.25, 0.3) is 0 Å². The molecule has 0 aliphatic heterocycles. The highest BCUT2D eigenvalue weighted by molar-refractivity contribution is 7.92. The fourth-order valence-corrected chi connectivity index (χ4v) is 3.99. The van der Waals surface area contributed by atoms with E-state index in [-0.39, 0.29) is 5.69 Å². The van der Waals surface area contributed by atoms with Crippen LogP contribution in [0.3, 0.4) is 0 Å². The first-order chi connectivity index (χ1) is 13.3. The fraction of sp³-hybridized carbons (Fsp3) is 0.350. The largest absolute Gasteiger partial charge is 0.416 e. The summed E-state index contributed by atoms with van der Waals surface area (Å²) in [5.74, 6) is -0.356. The maximum atomic E-state index is 13.0. The summed E-state index contributed by atoms with van der Waals surface area (Å²) >= 11 is 0. The number of nitrogens with zero attached hydrogens (tertiary/aromatic N) is 1. The smallest absolute Gasteiger partial charge is 0.324 e. The van der Waals surface area contributed by atoms with Gasteiger partial charge in [0.15, 0.2) is 0 Å². The maximum absolute atomic E-state index is 13.0. The lowest BCUT2D eigenvalue weighted by molar-refractivity contribution is -0.137. The number of amides is 1. The zero-order chi connectivity index (χ0) is 22.0. The molecule has 0 unspecified atom stereocenters. The van der Waals surface area contributed by atoms with Gasteiger partial charge in [0.1, 0.15) is 6.04 Å². The van der Waals surface area contributed by atoms with Gasteiger partial charge in [-0.2, -0.15) is 13.2 Å². The molecule has 0 saturated heterocycles. The molecule has 0 saturated carbocycles. The van der Waals surface area contributed by atoms with Crippen molar-refractivity contribution in [3.05, 3.63) is 59.7 Å². The summed E-state index contributed by atoms with van der Waals surface area (Å²) in [4.78, 5) is 12.6. The van der Waals surface area contributed by atoms with E-state index in [4.69, 9.17) is 0 Å². The molecule has 1 N–H and O–H groups in total. The minimum Gasteiger partial charge on any atom is -0.324 e. The monoisotopic (exact) mass is 428 g/mol. The van der Waals surface area contributed by atoms with E-state index >= 15 is 0 Å². The standard InChI is InChI=1S/C20H23F3N2O3S/c1-13(2)15-8-10-17(11-9-15)24-19(26)14(3)25(29(4,27)28)18-7-5-6-16(12-18)20(21,22)23/h5-14H,1-4H3,(H,24,26)/t14-/m0/s1. The zero-order valence-electron chi connectivity index (χ0n) is 16.5. The summed E-state index contributed by atoms with van der Waals surface area (Å²) in [6.45, 7) is 5.36. The van der Waals surface area contributed by atoms with Crippen LogP contribution in [0.2, 0.25) is 0 Å². The molecule has 2 rings (SSSR count). The lowest BCUT2D eigenvalue weighted by Crippen LogP contribution is -2.45. The maximum Gasteiger partial charge on any atom is 0.416 e. The Bertz CT molecular complexity index is 971. The van der Waals surface area contributed by atoms with E-state index in [1.807, 2.05) is 26.0 Å². The van der Waals surface area contributed by atoms with Crippen molar-refractivity contribution in [2.75, 3.05) is 15.9 Å². The van der Waals surface area contributed by atoms with Gasteiger partial charge >= 0.3 is 6.18 Å². The van der Waals surface area contributed by atoms with E-state index in [1.165, 1.54) is 13.0 Å². The predicted molar refractivity (Wildman–Crippen MR) is 107 cm³/mol. The van der Waals surface area contributed by atoms with Crippen molar-refractivity contribution in [1.29, 1.82) is 0 Å². The molecule has 9 heteroatoms. The SMILES string of the molecule is CC(C)c1ccc(NC(=O)[C@H](C)N(c2cccc(C(F)(F)F)c2)S(C)(=O)=O)cc1. The number of halogens is 3. The van der Waals surface area contributed by atoms with E-state index < -0.39 is 33.7 Å². The molecule has 0 heterocycles. The Morgan fingerprint density at radius 2 is 1.62 bits per heavy atom. The predicted octanol–water partition coefficient (Wildman–Crippen LogP) is 4.62. The van der Waals surface area contributed by atoms with Gasteiger partial charge in [-0.25, -0.2) is 8.42 Å². The van der Waals surface area contributed by atoms with E-state index in [0.717, 1.165) is 24.0 Å². The number of rotatable bonds is 6. The molecule has 2 aromatic rings. The topological polar surface area (TPSA) is 66.5 Å². The normalized spacial score (nSPS) is 13.2. The van der Waals surface area contributed by atoms with Crippen LogP contribution in [0.5, 0.6) is 0 Å². The van der Waals surface area contributed by atoms with Crippen LogP contribution >= 0.6 is 0 Å². The summed E-state index contributed by atoms with van der Waals surface area (Å²) < 4.78 is 64.3. The van der Waals surface area contributed by atoms with Crippen molar-refractivity contribution >= 4 is 27.3 Å². The van der Waals surface area contributed by atoms with Crippen LogP contribution in [0.15, 0.2) is 48.5 Å².